The highest BCUT2D eigenvalue weighted by atomic mass is 35.5. The van der Waals surface area contributed by atoms with E-state index in [1.165, 1.54) is 0 Å². The summed E-state index contributed by atoms with van der Waals surface area (Å²) in [5, 5.41) is 4.99. The summed E-state index contributed by atoms with van der Waals surface area (Å²) in [7, 11) is 0. The zero-order valence-electron chi connectivity index (χ0n) is 12.4. The molecule has 0 aliphatic heterocycles. The van der Waals surface area contributed by atoms with E-state index in [2.05, 4.69) is 39.1 Å². The Morgan fingerprint density at radius 1 is 1.21 bits per heavy atom. The first-order valence-corrected chi connectivity index (χ1v) is 7.84. The smallest absolute Gasteiger partial charge is 0.0624 e. The maximum Gasteiger partial charge on any atom is 0.0624 e. The normalized spacial score (nSPS) is 13.6. The van der Waals surface area contributed by atoms with Crippen LogP contribution in [0.2, 0.25) is 10.0 Å². The molecule has 0 aliphatic rings. The van der Waals surface area contributed by atoms with Gasteiger partial charge >= 0.3 is 0 Å². The Labute approximate surface area is 127 Å². The summed E-state index contributed by atoms with van der Waals surface area (Å²) >= 11 is 12.4. The van der Waals surface area contributed by atoms with Gasteiger partial charge in [-0.3, -0.25) is 0 Å². The van der Waals surface area contributed by atoms with Crippen LogP contribution < -0.4 is 5.32 Å². The van der Waals surface area contributed by atoms with E-state index in [1.54, 1.807) is 0 Å². The predicted molar refractivity (Wildman–Crippen MR) is 86.3 cm³/mol. The van der Waals surface area contributed by atoms with E-state index in [0.717, 1.165) is 31.4 Å². The van der Waals surface area contributed by atoms with E-state index in [4.69, 9.17) is 23.2 Å². The molecule has 1 atom stereocenters. The topological polar surface area (TPSA) is 12.0 Å². The Bertz CT molecular complexity index is 402. The summed E-state index contributed by atoms with van der Waals surface area (Å²) in [6.07, 6.45) is 3.19. The van der Waals surface area contributed by atoms with Crippen molar-refractivity contribution in [3.63, 3.8) is 0 Å². The Morgan fingerprint density at radius 2 is 1.89 bits per heavy atom. The summed E-state index contributed by atoms with van der Waals surface area (Å²) in [4.78, 5) is 0. The van der Waals surface area contributed by atoms with Gasteiger partial charge in [0.15, 0.2) is 0 Å². The second-order valence-corrected chi connectivity index (χ2v) is 6.55. The van der Waals surface area contributed by atoms with E-state index >= 15 is 0 Å². The Balaban J connectivity index is 2.91. The van der Waals surface area contributed by atoms with E-state index in [1.807, 2.05) is 12.1 Å². The number of rotatable bonds is 7. The largest absolute Gasteiger partial charge is 0.313 e. The second kappa shape index (κ2) is 7.52. The number of nitrogens with one attached hydrogen (secondary N) is 1. The number of hydrogen-bond acceptors (Lipinski definition) is 1. The molecule has 3 heteroatoms. The molecule has 0 heterocycles. The number of benzene rings is 1. The van der Waals surface area contributed by atoms with Crippen LogP contribution in [-0.2, 0) is 6.42 Å². The van der Waals surface area contributed by atoms with Gasteiger partial charge in [0.25, 0.3) is 0 Å². The zero-order chi connectivity index (χ0) is 14.5. The van der Waals surface area contributed by atoms with Crippen LogP contribution >= 0.6 is 23.2 Å². The fraction of sp³-hybridized carbons (Fsp3) is 0.625. The fourth-order valence-corrected chi connectivity index (χ4v) is 2.51. The summed E-state index contributed by atoms with van der Waals surface area (Å²) in [5.74, 6) is 0. The van der Waals surface area contributed by atoms with Gasteiger partial charge < -0.3 is 5.32 Å². The van der Waals surface area contributed by atoms with Crippen LogP contribution in [0.4, 0.5) is 0 Å². The average molecular weight is 302 g/mol. The van der Waals surface area contributed by atoms with Gasteiger partial charge in [-0.2, -0.15) is 0 Å². The van der Waals surface area contributed by atoms with Crippen molar-refractivity contribution in [2.45, 2.75) is 53.0 Å². The van der Waals surface area contributed by atoms with E-state index < -0.39 is 0 Å². The third-order valence-electron chi connectivity index (χ3n) is 3.95. The standard InChI is InChI=1S/C16H25Cl2N/c1-5-10-19-14(16(3,4)6-2)11-12-8-7-9-13(17)15(12)18/h7-9,14,19H,5-6,10-11H2,1-4H3. The maximum absolute atomic E-state index is 6.30. The molecule has 108 valence electrons. The minimum Gasteiger partial charge on any atom is -0.313 e. The average Bonchev–Trinajstić information content (AvgIpc) is 2.39. The molecule has 19 heavy (non-hydrogen) atoms. The molecule has 0 aromatic heterocycles. The molecule has 1 aromatic rings. The first kappa shape index (κ1) is 16.8. The lowest BCUT2D eigenvalue weighted by molar-refractivity contribution is 0.230. The molecule has 1 aromatic carbocycles. The van der Waals surface area contributed by atoms with Crippen molar-refractivity contribution in [2.24, 2.45) is 5.41 Å². The minimum absolute atomic E-state index is 0.237. The number of halogens is 2. The molecule has 0 amide bonds. The summed E-state index contributed by atoms with van der Waals surface area (Å²) in [6.45, 7) is 10.1. The maximum atomic E-state index is 6.30. The molecular formula is C16H25Cl2N. The third kappa shape index (κ3) is 4.66. The van der Waals surface area contributed by atoms with Crippen molar-refractivity contribution in [1.82, 2.24) is 5.32 Å². The van der Waals surface area contributed by atoms with Gasteiger partial charge in [0.2, 0.25) is 0 Å². The quantitative estimate of drug-likeness (QED) is 0.717. The predicted octanol–water partition coefficient (Wildman–Crippen LogP) is 5.34. The monoisotopic (exact) mass is 301 g/mol. The van der Waals surface area contributed by atoms with Gasteiger partial charge in [-0.05, 0) is 42.9 Å². The molecule has 0 saturated heterocycles. The first-order chi connectivity index (χ1) is 8.92. The molecule has 0 spiro atoms. The third-order valence-corrected chi connectivity index (χ3v) is 4.81. The van der Waals surface area contributed by atoms with Crippen LogP contribution in [0.15, 0.2) is 18.2 Å². The molecule has 0 fully saturated rings. The van der Waals surface area contributed by atoms with Crippen molar-refractivity contribution in [2.75, 3.05) is 6.54 Å². The van der Waals surface area contributed by atoms with Gasteiger partial charge in [0.1, 0.15) is 0 Å². The van der Waals surface area contributed by atoms with Crippen LogP contribution in [0.3, 0.4) is 0 Å². The van der Waals surface area contributed by atoms with Gasteiger partial charge in [-0.15, -0.1) is 0 Å². The van der Waals surface area contributed by atoms with Crippen LogP contribution in [0.5, 0.6) is 0 Å². The lowest BCUT2D eigenvalue weighted by atomic mass is 9.79. The zero-order valence-corrected chi connectivity index (χ0v) is 13.9. The fourth-order valence-electron chi connectivity index (χ4n) is 2.12. The van der Waals surface area contributed by atoms with Crippen LogP contribution in [0.1, 0.15) is 46.1 Å². The Kier molecular flexibility index (Phi) is 6.65. The van der Waals surface area contributed by atoms with Crippen LogP contribution in [-0.4, -0.2) is 12.6 Å². The van der Waals surface area contributed by atoms with Gasteiger partial charge in [-0.25, -0.2) is 0 Å². The highest BCUT2D eigenvalue weighted by molar-refractivity contribution is 6.42. The lowest BCUT2D eigenvalue weighted by Crippen LogP contribution is -2.43. The van der Waals surface area contributed by atoms with E-state index in [0.29, 0.717) is 16.1 Å². The van der Waals surface area contributed by atoms with E-state index in [-0.39, 0.29) is 5.41 Å². The number of hydrogen-bond donors (Lipinski definition) is 1. The summed E-state index contributed by atoms with van der Waals surface area (Å²) in [6, 6.07) is 6.29. The molecule has 1 rings (SSSR count). The highest BCUT2D eigenvalue weighted by Gasteiger charge is 2.28. The molecular weight excluding hydrogens is 277 g/mol. The molecule has 1 N–H and O–H groups in total. The van der Waals surface area contributed by atoms with Crippen LogP contribution in [0, 0.1) is 5.41 Å². The molecule has 1 nitrogen and oxygen atoms in total. The minimum atomic E-state index is 0.237. The molecule has 0 aliphatic carbocycles. The van der Waals surface area contributed by atoms with Crippen LogP contribution in [0.25, 0.3) is 0 Å². The van der Waals surface area contributed by atoms with Gasteiger partial charge in [-0.1, -0.05) is 63.0 Å². The molecule has 0 bridgehead atoms. The Hall–Kier alpha value is -0.240. The van der Waals surface area contributed by atoms with Gasteiger partial charge in [0.05, 0.1) is 10.0 Å². The molecule has 0 saturated carbocycles. The first-order valence-electron chi connectivity index (χ1n) is 7.08. The molecule has 0 radical (unpaired) electrons. The van der Waals surface area contributed by atoms with Crippen molar-refractivity contribution in [3.05, 3.63) is 33.8 Å². The van der Waals surface area contributed by atoms with E-state index in [9.17, 15) is 0 Å². The van der Waals surface area contributed by atoms with Crippen molar-refractivity contribution >= 4 is 23.2 Å². The van der Waals surface area contributed by atoms with Crippen molar-refractivity contribution in [3.8, 4) is 0 Å². The molecule has 1 unspecified atom stereocenters. The lowest BCUT2D eigenvalue weighted by Gasteiger charge is -2.35. The summed E-state index contributed by atoms with van der Waals surface area (Å²) in [5.41, 5.74) is 1.37. The van der Waals surface area contributed by atoms with Crippen molar-refractivity contribution < 1.29 is 0 Å². The Morgan fingerprint density at radius 3 is 2.47 bits per heavy atom. The second-order valence-electron chi connectivity index (χ2n) is 5.77. The SMILES string of the molecule is CCCNC(Cc1cccc(Cl)c1Cl)C(C)(C)CC. The van der Waals surface area contributed by atoms with Gasteiger partial charge in [0, 0.05) is 6.04 Å². The summed E-state index contributed by atoms with van der Waals surface area (Å²) < 4.78 is 0. The highest BCUT2D eigenvalue weighted by Crippen LogP contribution is 2.31. The van der Waals surface area contributed by atoms with Crippen molar-refractivity contribution in [1.29, 1.82) is 0 Å².